The first-order valence-electron chi connectivity index (χ1n) is 5.49. The molecule has 76 valence electrons. The summed E-state index contributed by atoms with van der Waals surface area (Å²) in [4.78, 5) is 2.46. The molecule has 0 atom stereocenters. The second kappa shape index (κ2) is 2.96. The van der Waals surface area contributed by atoms with Crippen LogP contribution in [0.2, 0.25) is 0 Å². The SMILES string of the molecule is CNC12CCC(N(C)C)(CC1)CC2. The quantitative estimate of drug-likeness (QED) is 0.698. The summed E-state index contributed by atoms with van der Waals surface area (Å²) in [5.74, 6) is 0. The van der Waals surface area contributed by atoms with Crippen molar-refractivity contribution in [3.63, 3.8) is 0 Å². The van der Waals surface area contributed by atoms with Crippen molar-refractivity contribution in [2.24, 2.45) is 0 Å². The molecule has 0 aromatic rings. The number of nitrogens with zero attached hydrogens (tertiary/aromatic N) is 1. The molecule has 0 aliphatic heterocycles. The zero-order valence-electron chi connectivity index (χ0n) is 9.19. The van der Waals surface area contributed by atoms with Crippen LogP contribution < -0.4 is 5.32 Å². The zero-order chi connectivity index (χ0) is 9.53. The van der Waals surface area contributed by atoms with Crippen LogP contribution in [-0.2, 0) is 0 Å². The molecule has 2 bridgehead atoms. The minimum atomic E-state index is 0.512. The van der Waals surface area contributed by atoms with E-state index >= 15 is 0 Å². The Bertz CT molecular complexity index is 174. The third-order valence-corrected chi connectivity index (χ3v) is 4.69. The summed E-state index contributed by atoms with van der Waals surface area (Å²) >= 11 is 0. The molecule has 0 aromatic heterocycles. The van der Waals surface area contributed by atoms with Gasteiger partial charge in [0.2, 0.25) is 0 Å². The first-order chi connectivity index (χ1) is 6.13. The molecule has 0 saturated heterocycles. The smallest absolute Gasteiger partial charge is 0.0205 e. The Labute approximate surface area is 81.7 Å². The van der Waals surface area contributed by atoms with Crippen LogP contribution in [-0.4, -0.2) is 37.1 Å². The van der Waals surface area contributed by atoms with Gasteiger partial charge in [-0.2, -0.15) is 0 Å². The molecular weight excluding hydrogens is 160 g/mol. The Hall–Kier alpha value is -0.0800. The predicted octanol–water partition coefficient (Wildman–Crippen LogP) is 1.61. The summed E-state index contributed by atoms with van der Waals surface area (Å²) in [5, 5.41) is 3.54. The van der Waals surface area contributed by atoms with Crippen LogP contribution in [0.3, 0.4) is 0 Å². The minimum Gasteiger partial charge on any atom is -0.314 e. The number of fused-ring (bicyclic) bond motifs is 3. The molecule has 3 rings (SSSR count). The highest BCUT2D eigenvalue weighted by atomic mass is 15.2. The monoisotopic (exact) mass is 182 g/mol. The average Bonchev–Trinajstić information content (AvgIpc) is 2.20. The normalized spacial score (nSPS) is 44.3. The van der Waals surface area contributed by atoms with E-state index in [1.165, 1.54) is 38.5 Å². The Morgan fingerprint density at radius 3 is 1.69 bits per heavy atom. The van der Waals surface area contributed by atoms with E-state index in [1.54, 1.807) is 0 Å². The van der Waals surface area contributed by atoms with Crippen LogP contribution >= 0.6 is 0 Å². The summed E-state index contributed by atoms with van der Waals surface area (Å²) in [7, 11) is 6.63. The highest BCUT2D eigenvalue weighted by Gasteiger charge is 2.48. The van der Waals surface area contributed by atoms with E-state index in [2.05, 4.69) is 31.4 Å². The fourth-order valence-corrected chi connectivity index (χ4v) is 3.21. The third-order valence-electron chi connectivity index (χ3n) is 4.69. The van der Waals surface area contributed by atoms with Gasteiger partial charge in [0.05, 0.1) is 0 Å². The molecule has 0 unspecified atom stereocenters. The second-order valence-corrected chi connectivity index (χ2v) is 5.15. The molecule has 1 N–H and O–H groups in total. The van der Waals surface area contributed by atoms with Crippen LogP contribution in [0.25, 0.3) is 0 Å². The first kappa shape index (κ1) is 9.47. The third kappa shape index (κ3) is 1.31. The lowest BCUT2D eigenvalue weighted by atomic mass is 9.61. The van der Waals surface area contributed by atoms with Gasteiger partial charge in [0.1, 0.15) is 0 Å². The van der Waals surface area contributed by atoms with Crippen molar-refractivity contribution in [2.75, 3.05) is 21.1 Å². The molecule has 3 saturated carbocycles. The van der Waals surface area contributed by atoms with E-state index < -0.39 is 0 Å². The molecule has 0 radical (unpaired) electrons. The number of hydrogen-bond donors (Lipinski definition) is 1. The zero-order valence-corrected chi connectivity index (χ0v) is 9.19. The summed E-state index contributed by atoms with van der Waals surface area (Å²) in [6.45, 7) is 0. The van der Waals surface area contributed by atoms with Gasteiger partial charge in [-0.25, -0.2) is 0 Å². The van der Waals surface area contributed by atoms with E-state index in [0.717, 1.165) is 0 Å². The van der Waals surface area contributed by atoms with Gasteiger partial charge in [0, 0.05) is 11.1 Å². The molecule has 0 amide bonds. The molecule has 0 spiro atoms. The van der Waals surface area contributed by atoms with Crippen LogP contribution in [0.5, 0.6) is 0 Å². The van der Waals surface area contributed by atoms with Crippen LogP contribution in [0.1, 0.15) is 38.5 Å². The lowest BCUT2D eigenvalue weighted by Crippen LogP contribution is -2.60. The van der Waals surface area contributed by atoms with Crippen molar-refractivity contribution >= 4 is 0 Å². The van der Waals surface area contributed by atoms with Crippen molar-refractivity contribution < 1.29 is 0 Å². The summed E-state index contributed by atoms with van der Waals surface area (Å²) in [6, 6.07) is 0. The fourth-order valence-electron chi connectivity index (χ4n) is 3.21. The maximum atomic E-state index is 3.54. The van der Waals surface area contributed by atoms with Gasteiger partial charge in [0.15, 0.2) is 0 Å². The molecule has 2 heteroatoms. The van der Waals surface area contributed by atoms with Gasteiger partial charge in [-0.15, -0.1) is 0 Å². The molecule has 13 heavy (non-hydrogen) atoms. The van der Waals surface area contributed by atoms with E-state index in [-0.39, 0.29) is 0 Å². The van der Waals surface area contributed by atoms with Gasteiger partial charge < -0.3 is 10.2 Å². The maximum absolute atomic E-state index is 3.54. The molecule has 0 heterocycles. The Kier molecular flexibility index (Phi) is 2.16. The van der Waals surface area contributed by atoms with Gasteiger partial charge >= 0.3 is 0 Å². The largest absolute Gasteiger partial charge is 0.314 e. The number of nitrogens with one attached hydrogen (secondary N) is 1. The van der Waals surface area contributed by atoms with Crippen molar-refractivity contribution in [3.05, 3.63) is 0 Å². The van der Waals surface area contributed by atoms with Crippen molar-refractivity contribution in [3.8, 4) is 0 Å². The van der Waals surface area contributed by atoms with Crippen LogP contribution in [0.4, 0.5) is 0 Å². The van der Waals surface area contributed by atoms with E-state index in [0.29, 0.717) is 11.1 Å². The number of rotatable bonds is 2. The van der Waals surface area contributed by atoms with Crippen molar-refractivity contribution in [1.29, 1.82) is 0 Å². The number of hydrogen-bond acceptors (Lipinski definition) is 2. The van der Waals surface area contributed by atoms with E-state index in [1.807, 2.05) is 0 Å². The average molecular weight is 182 g/mol. The highest BCUT2D eigenvalue weighted by Crippen LogP contribution is 2.48. The predicted molar refractivity (Wildman–Crippen MR) is 55.9 cm³/mol. The lowest BCUT2D eigenvalue weighted by Gasteiger charge is -2.56. The van der Waals surface area contributed by atoms with Crippen LogP contribution in [0, 0.1) is 0 Å². The lowest BCUT2D eigenvalue weighted by molar-refractivity contribution is -0.00387. The molecule has 3 fully saturated rings. The van der Waals surface area contributed by atoms with Crippen molar-refractivity contribution in [2.45, 2.75) is 49.6 Å². The Morgan fingerprint density at radius 2 is 1.38 bits per heavy atom. The molecule has 3 aliphatic carbocycles. The second-order valence-electron chi connectivity index (χ2n) is 5.15. The Morgan fingerprint density at radius 1 is 0.923 bits per heavy atom. The minimum absolute atomic E-state index is 0.512. The summed E-state index contributed by atoms with van der Waals surface area (Å²) in [5.41, 5.74) is 1.07. The van der Waals surface area contributed by atoms with Gasteiger partial charge in [-0.05, 0) is 59.7 Å². The van der Waals surface area contributed by atoms with E-state index in [9.17, 15) is 0 Å². The molecular formula is C11H22N2. The summed E-state index contributed by atoms with van der Waals surface area (Å²) < 4.78 is 0. The molecule has 0 aromatic carbocycles. The molecule has 2 nitrogen and oxygen atoms in total. The molecule has 3 aliphatic rings. The van der Waals surface area contributed by atoms with Gasteiger partial charge in [-0.3, -0.25) is 0 Å². The first-order valence-corrected chi connectivity index (χ1v) is 5.49. The van der Waals surface area contributed by atoms with Crippen LogP contribution in [0.15, 0.2) is 0 Å². The summed E-state index contributed by atoms with van der Waals surface area (Å²) in [6.07, 6.45) is 8.30. The van der Waals surface area contributed by atoms with E-state index in [4.69, 9.17) is 0 Å². The van der Waals surface area contributed by atoms with Gasteiger partial charge in [-0.1, -0.05) is 0 Å². The fraction of sp³-hybridized carbons (Fsp3) is 1.00. The van der Waals surface area contributed by atoms with Crippen molar-refractivity contribution in [1.82, 2.24) is 10.2 Å². The maximum Gasteiger partial charge on any atom is 0.0205 e. The standard InChI is InChI=1S/C11H22N2/c1-12-10-4-7-11(8-5-10,9-6-10)13(2)3/h12H,4-9H2,1-3H3. The van der Waals surface area contributed by atoms with Gasteiger partial charge in [0.25, 0.3) is 0 Å². The highest BCUT2D eigenvalue weighted by molar-refractivity contribution is 5.07. The topological polar surface area (TPSA) is 15.3 Å². The Balaban J connectivity index is 2.11.